The second kappa shape index (κ2) is 7.27. The van der Waals surface area contributed by atoms with Gasteiger partial charge in [0.05, 0.1) is 0 Å². The van der Waals surface area contributed by atoms with Crippen molar-refractivity contribution in [2.45, 2.75) is 63.6 Å². The van der Waals surface area contributed by atoms with Crippen molar-refractivity contribution in [1.82, 2.24) is 15.5 Å². The molecule has 0 aromatic heterocycles. The van der Waals surface area contributed by atoms with E-state index in [4.69, 9.17) is 5.11 Å². The third-order valence-corrected chi connectivity index (χ3v) is 4.82. The predicted octanol–water partition coefficient (Wildman–Crippen LogP) is 1.32. The first-order valence-electron chi connectivity index (χ1n) is 7.97. The lowest BCUT2D eigenvalue weighted by atomic mass is 9.87. The summed E-state index contributed by atoms with van der Waals surface area (Å²) in [5, 5.41) is 15.1. The van der Waals surface area contributed by atoms with Gasteiger partial charge in [0.1, 0.15) is 0 Å². The van der Waals surface area contributed by atoms with Gasteiger partial charge in [-0.2, -0.15) is 0 Å². The molecular formula is C15H29N3O2. The lowest BCUT2D eigenvalue weighted by Gasteiger charge is -2.29. The van der Waals surface area contributed by atoms with Crippen LogP contribution in [0.3, 0.4) is 0 Å². The first-order chi connectivity index (χ1) is 9.60. The highest BCUT2D eigenvalue weighted by Crippen LogP contribution is 2.26. The summed E-state index contributed by atoms with van der Waals surface area (Å²) in [4.78, 5) is 14.2. The average molecular weight is 283 g/mol. The van der Waals surface area contributed by atoms with Crippen LogP contribution < -0.4 is 10.6 Å². The van der Waals surface area contributed by atoms with E-state index >= 15 is 0 Å². The Kier molecular flexibility index (Phi) is 5.66. The van der Waals surface area contributed by atoms with Gasteiger partial charge in [0, 0.05) is 31.3 Å². The molecule has 116 valence electrons. The third kappa shape index (κ3) is 4.63. The molecule has 5 nitrogen and oxygen atoms in total. The lowest BCUT2D eigenvalue weighted by Crippen LogP contribution is -2.48. The minimum atomic E-state index is -0.0477. The zero-order chi connectivity index (χ0) is 14.5. The van der Waals surface area contributed by atoms with E-state index in [1.807, 2.05) is 0 Å². The fraction of sp³-hybridized carbons (Fsp3) is 0.933. The molecule has 2 saturated carbocycles. The second-order valence-corrected chi connectivity index (χ2v) is 6.50. The van der Waals surface area contributed by atoms with Gasteiger partial charge in [-0.15, -0.1) is 0 Å². The number of carbonyl (C=O) groups excluding carboxylic acids is 1. The lowest BCUT2D eigenvalue weighted by molar-refractivity contribution is 0.173. The number of aliphatic hydroxyl groups excluding tert-OH is 1. The molecule has 0 radical (unpaired) electrons. The molecular weight excluding hydrogens is 254 g/mol. The summed E-state index contributed by atoms with van der Waals surface area (Å²) in [6.07, 6.45) is 6.58. The van der Waals surface area contributed by atoms with E-state index in [1.54, 1.807) is 0 Å². The molecule has 0 spiro atoms. The molecule has 0 bridgehead atoms. The number of aliphatic hydroxyl groups is 1. The molecule has 2 fully saturated rings. The van der Waals surface area contributed by atoms with Crippen LogP contribution in [-0.2, 0) is 0 Å². The van der Waals surface area contributed by atoms with E-state index in [0.29, 0.717) is 18.5 Å². The summed E-state index contributed by atoms with van der Waals surface area (Å²) in [6, 6.07) is 1.34. The van der Waals surface area contributed by atoms with E-state index in [9.17, 15) is 4.79 Å². The molecule has 20 heavy (non-hydrogen) atoms. The molecule has 0 aliphatic heterocycles. The van der Waals surface area contributed by atoms with Gasteiger partial charge in [0.15, 0.2) is 0 Å². The monoisotopic (exact) mass is 283 g/mol. The molecule has 0 aromatic carbocycles. The van der Waals surface area contributed by atoms with E-state index < -0.39 is 0 Å². The Morgan fingerprint density at radius 1 is 1.25 bits per heavy atom. The Morgan fingerprint density at radius 3 is 2.45 bits per heavy atom. The number of urea groups is 1. The van der Waals surface area contributed by atoms with E-state index in [-0.39, 0.29) is 18.7 Å². The predicted molar refractivity (Wildman–Crippen MR) is 79.6 cm³/mol. The van der Waals surface area contributed by atoms with Crippen molar-refractivity contribution >= 4 is 6.03 Å². The maximum atomic E-state index is 11.9. The summed E-state index contributed by atoms with van der Waals surface area (Å²) >= 11 is 0. The molecule has 5 heteroatoms. The Labute approximate surface area is 122 Å². The SMILES string of the molecule is CC(CNC(=O)NC1CCC(CO)CC1)N(C)C1CC1. The maximum absolute atomic E-state index is 11.9. The van der Waals surface area contributed by atoms with Crippen molar-refractivity contribution in [1.29, 1.82) is 0 Å². The summed E-state index contributed by atoms with van der Waals surface area (Å²) in [6.45, 7) is 3.14. The van der Waals surface area contributed by atoms with Crippen LogP contribution in [0.4, 0.5) is 4.79 Å². The van der Waals surface area contributed by atoms with Crippen LogP contribution >= 0.6 is 0 Å². The van der Waals surface area contributed by atoms with Gasteiger partial charge in [0.2, 0.25) is 0 Å². The van der Waals surface area contributed by atoms with Gasteiger partial charge in [-0.25, -0.2) is 4.79 Å². The number of hydrogen-bond acceptors (Lipinski definition) is 3. The van der Waals surface area contributed by atoms with Crippen LogP contribution in [-0.4, -0.2) is 54.4 Å². The van der Waals surface area contributed by atoms with Crippen LogP contribution in [0.25, 0.3) is 0 Å². The van der Waals surface area contributed by atoms with Crippen molar-refractivity contribution in [2.75, 3.05) is 20.2 Å². The van der Waals surface area contributed by atoms with Crippen LogP contribution in [0.5, 0.6) is 0 Å². The Bertz CT molecular complexity index is 312. The summed E-state index contributed by atoms with van der Waals surface area (Å²) < 4.78 is 0. The summed E-state index contributed by atoms with van der Waals surface area (Å²) in [7, 11) is 2.14. The fourth-order valence-electron chi connectivity index (χ4n) is 2.95. The number of nitrogens with zero attached hydrogens (tertiary/aromatic N) is 1. The van der Waals surface area contributed by atoms with Gasteiger partial charge in [-0.05, 0) is 58.4 Å². The zero-order valence-electron chi connectivity index (χ0n) is 12.8. The quantitative estimate of drug-likeness (QED) is 0.689. The van der Waals surface area contributed by atoms with Crippen molar-refractivity contribution in [3.05, 3.63) is 0 Å². The van der Waals surface area contributed by atoms with Crippen molar-refractivity contribution in [2.24, 2.45) is 5.92 Å². The minimum Gasteiger partial charge on any atom is -0.396 e. The van der Waals surface area contributed by atoms with Crippen molar-refractivity contribution < 1.29 is 9.90 Å². The Morgan fingerprint density at radius 2 is 1.90 bits per heavy atom. The van der Waals surface area contributed by atoms with Gasteiger partial charge in [-0.3, -0.25) is 4.90 Å². The van der Waals surface area contributed by atoms with Crippen LogP contribution in [0.15, 0.2) is 0 Å². The van der Waals surface area contributed by atoms with Gasteiger partial charge in [0.25, 0.3) is 0 Å². The van der Waals surface area contributed by atoms with Gasteiger partial charge >= 0.3 is 6.03 Å². The standard InChI is InChI=1S/C15H29N3O2/c1-11(18(2)14-7-8-14)9-16-15(20)17-13-5-3-12(10-19)4-6-13/h11-14,19H,3-10H2,1-2H3,(H2,16,17,20). The molecule has 0 saturated heterocycles. The van der Waals surface area contributed by atoms with Gasteiger partial charge in [-0.1, -0.05) is 0 Å². The zero-order valence-corrected chi connectivity index (χ0v) is 12.8. The first-order valence-corrected chi connectivity index (χ1v) is 7.97. The number of amides is 2. The third-order valence-electron chi connectivity index (χ3n) is 4.82. The van der Waals surface area contributed by atoms with Crippen LogP contribution in [0, 0.1) is 5.92 Å². The van der Waals surface area contributed by atoms with Crippen molar-refractivity contribution in [3.8, 4) is 0 Å². The van der Waals surface area contributed by atoms with Gasteiger partial charge < -0.3 is 15.7 Å². The number of likely N-dealkylation sites (N-methyl/N-ethyl adjacent to an activating group) is 1. The molecule has 3 N–H and O–H groups in total. The maximum Gasteiger partial charge on any atom is 0.315 e. The molecule has 2 amide bonds. The minimum absolute atomic E-state index is 0.0477. The van der Waals surface area contributed by atoms with E-state index in [2.05, 4.69) is 29.5 Å². The number of carbonyl (C=O) groups is 1. The number of nitrogens with one attached hydrogen (secondary N) is 2. The molecule has 2 aliphatic carbocycles. The van der Waals surface area contributed by atoms with Crippen LogP contribution in [0.2, 0.25) is 0 Å². The highest BCUT2D eigenvalue weighted by molar-refractivity contribution is 5.74. The fourth-order valence-corrected chi connectivity index (χ4v) is 2.95. The summed E-state index contributed by atoms with van der Waals surface area (Å²) in [5.41, 5.74) is 0. The smallest absolute Gasteiger partial charge is 0.315 e. The molecule has 2 aliphatic rings. The molecule has 0 aromatic rings. The Balaban J connectivity index is 1.60. The highest BCUT2D eigenvalue weighted by Gasteiger charge is 2.29. The number of rotatable bonds is 6. The topological polar surface area (TPSA) is 64.6 Å². The number of hydrogen-bond donors (Lipinski definition) is 3. The summed E-state index contributed by atoms with van der Waals surface area (Å²) in [5.74, 6) is 0.434. The van der Waals surface area contributed by atoms with E-state index in [0.717, 1.165) is 31.7 Å². The molecule has 2 rings (SSSR count). The highest BCUT2D eigenvalue weighted by atomic mass is 16.3. The van der Waals surface area contributed by atoms with Crippen molar-refractivity contribution in [3.63, 3.8) is 0 Å². The average Bonchev–Trinajstić information content (AvgIpc) is 3.29. The Hall–Kier alpha value is -0.810. The van der Waals surface area contributed by atoms with Crippen LogP contribution in [0.1, 0.15) is 45.4 Å². The normalized spacial score (nSPS) is 28.2. The molecule has 0 heterocycles. The van der Waals surface area contributed by atoms with E-state index in [1.165, 1.54) is 12.8 Å². The largest absolute Gasteiger partial charge is 0.396 e. The second-order valence-electron chi connectivity index (χ2n) is 6.50. The molecule has 1 atom stereocenters. The molecule has 1 unspecified atom stereocenters. The first kappa shape index (κ1) is 15.6.